The van der Waals surface area contributed by atoms with Gasteiger partial charge in [0.25, 0.3) is 11.6 Å². The summed E-state index contributed by atoms with van der Waals surface area (Å²) >= 11 is 5.48. The largest absolute Gasteiger partial charge is 0.353 e. The normalized spacial score (nSPS) is 14.1. The fourth-order valence-corrected chi connectivity index (χ4v) is 10.8. The van der Waals surface area contributed by atoms with Crippen LogP contribution in [0.2, 0.25) is 0 Å². The van der Waals surface area contributed by atoms with Crippen LogP contribution < -0.4 is 26.8 Å². The number of carbonyl (C=O) groups excluding carboxylic acids is 8. The third kappa shape index (κ3) is 20.4. The second-order valence-corrected chi connectivity index (χ2v) is 22.7. The van der Waals surface area contributed by atoms with Crippen LogP contribution in [0, 0.1) is 24.0 Å². The molecule has 4 amide bonds. The molecule has 0 saturated carbocycles. The molecule has 0 spiro atoms. The molecule has 0 unspecified atom stereocenters. The smallest absolute Gasteiger partial charge is 0.280 e. The van der Waals surface area contributed by atoms with Crippen molar-refractivity contribution in [2.75, 3.05) is 52.9 Å². The minimum atomic E-state index is -0.527. The summed E-state index contributed by atoms with van der Waals surface area (Å²) in [6.07, 6.45) is 22.2. The number of likely N-dealkylation sites (N-methyl/N-ethyl adjacent to an activating group) is 3. The highest BCUT2D eigenvalue weighted by Crippen LogP contribution is 2.25. The Labute approximate surface area is 493 Å². The molecule has 4 aromatic heterocycles. The molecule has 24 heteroatoms. The van der Waals surface area contributed by atoms with E-state index in [-0.39, 0.29) is 78.6 Å². The van der Waals surface area contributed by atoms with E-state index in [0.29, 0.717) is 72.5 Å². The molecule has 0 bridgehead atoms. The summed E-state index contributed by atoms with van der Waals surface area (Å²) in [6, 6.07) is 12.5. The van der Waals surface area contributed by atoms with E-state index in [1.54, 1.807) is 58.8 Å². The summed E-state index contributed by atoms with van der Waals surface area (Å²) in [6.45, 7) is 14.1. The number of hydrazine groups is 1. The van der Waals surface area contributed by atoms with Crippen LogP contribution in [0.5, 0.6) is 0 Å². The minimum absolute atomic E-state index is 0.0388. The maximum absolute atomic E-state index is 12.1. The third-order valence-electron chi connectivity index (χ3n) is 11.9. The SMILES string of the molecule is CCNC(=O)C1=CN(CC(=O)c2cc([N+](=O)[O-])cs2)C=CC1.CCNC(=O)C1=CN(CC(=O)c2ccc(C)s2)C=CC1.CCNC(=O)C1=CN(CC(=O)c2ccc(C)s2)C=CC1.CNNC(=O)C1=CN(CC(=O)c2cccs2)C(C)=CC1. The van der Waals surface area contributed by atoms with Gasteiger partial charge in [0.2, 0.25) is 17.7 Å². The van der Waals surface area contributed by atoms with Crippen LogP contribution in [0.25, 0.3) is 0 Å². The fraction of sp³-hybridized carbons (Fsp3) is 0.310. The van der Waals surface area contributed by atoms with Gasteiger partial charge < -0.3 is 35.6 Å². The van der Waals surface area contributed by atoms with Gasteiger partial charge in [-0.2, -0.15) is 0 Å². The molecule has 0 fully saturated rings. The van der Waals surface area contributed by atoms with Crippen molar-refractivity contribution in [1.29, 1.82) is 0 Å². The van der Waals surface area contributed by atoms with E-state index in [2.05, 4.69) is 26.8 Å². The van der Waals surface area contributed by atoms with E-state index in [1.807, 2.05) is 119 Å². The van der Waals surface area contributed by atoms with Crippen LogP contribution in [-0.2, 0) is 19.2 Å². The van der Waals surface area contributed by atoms with Gasteiger partial charge in [-0.15, -0.1) is 45.3 Å². The Balaban J connectivity index is 0.000000201. The van der Waals surface area contributed by atoms with Gasteiger partial charge in [-0.25, -0.2) is 5.43 Å². The predicted octanol–water partition coefficient (Wildman–Crippen LogP) is 8.71. The lowest BCUT2D eigenvalue weighted by molar-refractivity contribution is -0.384. The lowest BCUT2D eigenvalue weighted by atomic mass is 10.1. The number of amides is 4. The Morgan fingerprint density at radius 3 is 1.37 bits per heavy atom. The first-order valence-electron chi connectivity index (χ1n) is 26.2. The highest BCUT2D eigenvalue weighted by molar-refractivity contribution is 7.14. The second-order valence-electron chi connectivity index (χ2n) is 18.3. The van der Waals surface area contributed by atoms with Crippen LogP contribution in [-0.4, -0.2) is 124 Å². The highest BCUT2D eigenvalue weighted by atomic mass is 32.1. The summed E-state index contributed by atoms with van der Waals surface area (Å²) in [5.41, 5.74) is 8.62. The molecular weight excluding hydrogens is 1120 g/mol. The third-order valence-corrected chi connectivity index (χ3v) is 15.8. The van der Waals surface area contributed by atoms with Gasteiger partial charge in [0.15, 0.2) is 23.1 Å². The zero-order chi connectivity index (χ0) is 59.7. The first kappa shape index (κ1) is 64.7. The van der Waals surface area contributed by atoms with Gasteiger partial charge in [0.1, 0.15) is 0 Å². The van der Waals surface area contributed by atoms with Gasteiger partial charge >= 0.3 is 0 Å². The molecule has 4 aliphatic rings. The number of carbonyl (C=O) groups is 8. The summed E-state index contributed by atoms with van der Waals surface area (Å²) in [4.78, 5) is 118. The molecule has 8 heterocycles. The number of nitro groups is 1. The summed E-state index contributed by atoms with van der Waals surface area (Å²) < 4.78 is 0. The van der Waals surface area contributed by atoms with E-state index in [9.17, 15) is 48.5 Å². The lowest BCUT2D eigenvalue weighted by Gasteiger charge is -2.25. The van der Waals surface area contributed by atoms with E-state index in [4.69, 9.17) is 0 Å². The standard InChI is InChI=1S/2C15H18N2O2S.C14H15N3O4S.C14H17N3O2S/c2*1-3-16-15(19)12-5-4-8-17(9-12)10-13(18)14-7-6-11(2)20-14;1-2-15-14(19)10-4-3-5-16(7-10)8-12(18)13-6-11(9-22-13)17(20)21;1-10-5-6-11(14(19)16-15-2)8-17(10)9-12(18)13-4-3-7-20-13/h2*4,6-9H,3,5,10H2,1-2H3,(H,16,19);3,5-7,9H,2,4,8H2,1H3,(H,15,19);3-5,7-8,15H,6,9H2,1-2H3,(H,16,19). The first-order valence-corrected chi connectivity index (χ1v) is 29.6. The fourth-order valence-electron chi connectivity index (χ4n) is 7.78. The maximum Gasteiger partial charge on any atom is 0.280 e. The van der Waals surface area contributed by atoms with Crippen molar-refractivity contribution in [2.24, 2.45) is 0 Å². The van der Waals surface area contributed by atoms with Crippen LogP contribution in [0.3, 0.4) is 0 Å². The highest BCUT2D eigenvalue weighted by Gasteiger charge is 2.22. The lowest BCUT2D eigenvalue weighted by Crippen LogP contribution is -2.37. The number of Topliss-reactive ketones (excluding diaryl/α,β-unsaturated/α-hetero) is 4. The molecule has 0 aromatic carbocycles. The number of nitrogens with one attached hydrogen (secondary N) is 5. The number of hydrogen-bond donors (Lipinski definition) is 5. The van der Waals surface area contributed by atoms with E-state index >= 15 is 0 Å². The Morgan fingerprint density at radius 1 is 0.549 bits per heavy atom. The van der Waals surface area contributed by atoms with Crippen molar-refractivity contribution >= 4 is 97.8 Å². The van der Waals surface area contributed by atoms with Crippen molar-refractivity contribution in [3.05, 3.63) is 188 Å². The average molecular weight is 1190 g/mol. The van der Waals surface area contributed by atoms with Crippen molar-refractivity contribution in [3.8, 4) is 0 Å². The van der Waals surface area contributed by atoms with Gasteiger partial charge in [0.05, 0.1) is 56.0 Å². The number of nitrogens with zero attached hydrogens (tertiary/aromatic N) is 5. The van der Waals surface area contributed by atoms with Crippen molar-refractivity contribution in [1.82, 2.24) is 46.4 Å². The van der Waals surface area contributed by atoms with Crippen LogP contribution >= 0.6 is 45.3 Å². The van der Waals surface area contributed by atoms with Crippen LogP contribution in [0.15, 0.2) is 149 Å². The molecule has 5 N–H and O–H groups in total. The van der Waals surface area contributed by atoms with Crippen molar-refractivity contribution < 1.29 is 43.3 Å². The van der Waals surface area contributed by atoms with E-state index in [0.717, 1.165) is 41.4 Å². The summed E-state index contributed by atoms with van der Waals surface area (Å²) in [5.74, 6) is -0.499. The number of ketones is 4. The van der Waals surface area contributed by atoms with E-state index in [1.165, 1.54) is 45.5 Å². The zero-order valence-corrected chi connectivity index (χ0v) is 50.0. The number of aryl methyl sites for hydroxylation is 2. The number of hydrogen-bond acceptors (Lipinski definition) is 19. The topological polar surface area (TPSA) is 253 Å². The molecule has 0 aliphatic carbocycles. The van der Waals surface area contributed by atoms with Gasteiger partial charge in [-0.3, -0.25) is 53.9 Å². The molecule has 20 nitrogen and oxygen atoms in total. The predicted molar refractivity (Wildman–Crippen MR) is 323 cm³/mol. The van der Waals surface area contributed by atoms with Crippen LogP contribution in [0.4, 0.5) is 5.69 Å². The van der Waals surface area contributed by atoms with Crippen molar-refractivity contribution in [2.45, 2.75) is 67.2 Å². The molecule has 4 aromatic rings. The Morgan fingerprint density at radius 2 is 0.988 bits per heavy atom. The molecule has 4 aliphatic heterocycles. The quantitative estimate of drug-likeness (QED) is 0.0297. The summed E-state index contributed by atoms with van der Waals surface area (Å²) in [7, 11) is 1.64. The van der Waals surface area contributed by atoms with E-state index < -0.39 is 4.92 Å². The van der Waals surface area contributed by atoms with Crippen LogP contribution in [0.1, 0.15) is 102 Å². The Hall–Kier alpha value is -8.16. The van der Waals surface area contributed by atoms with Crippen molar-refractivity contribution in [3.63, 3.8) is 0 Å². The first-order chi connectivity index (χ1) is 39.3. The number of rotatable bonds is 21. The molecule has 0 saturated heterocycles. The van der Waals surface area contributed by atoms with Gasteiger partial charge in [0, 0.05) is 114 Å². The zero-order valence-electron chi connectivity index (χ0n) is 46.8. The summed E-state index contributed by atoms with van der Waals surface area (Å²) in [5, 5.41) is 22.1. The van der Waals surface area contributed by atoms with Gasteiger partial charge in [-0.1, -0.05) is 30.4 Å². The Kier molecular flexibility index (Phi) is 26.0. The number of allylic oxidation sites excluding steroid dienone is 5. The molecular formula is C58H68N10O10S4. The monoisotopic (exact) mass is 1190 g/mol. The molecule has 434 valence electrons. The second kappa shape index (κ2) is 32.9. The molecule has 82 heavy (non-hydrogen) atoms. The molecule has 0 atom stereocenters. The minimum Gasteiger partial charge on any atom is -0.353 e. The average Bonchev–Trinajstić information content (AvgIpc) is 4.41. The maximum atomic E-state index is 12.1. The molecule has 0 radical (unpaired) electrons. The molecule has 8 rings (SSSR count). The van der Waals surface area contributed by atoms with Gasteiger partial charge in [-0.05, 0) is 103 Å². The number of thiophene rings is 4. The Bertz CT molecular complexity index is 3110.